The normalized spacial score (nSPS) is 11.8. The third kappa shape index (κ3) is 6.40. The Bertz CT molecular complexity index is 1370. The monoisotopic (exact) mass is 495 g/mol. The molecule has 37 heavy (non-hydrogen) atoms. The molecule has 0 saturated carbocycles. The highest BCUT2D eigenvalue weighted by atomic mass is 16.3. The molecule has 0 bridgehead atoms. The smallest absolute Gasteiger partial charge is 0.253 e. The number of aromatic nitrogens is 1. The number of pyridine rings is 1. The molecule has 0 aliphatic rings. The van der Waals surface area contributed by atoms with Crippen molar-refractivity contribution in [2.45, 2.75) is 32.2 Å². The number of amides is 2. The summed E-state index contributed by atoms with van der Waals surface area (Å²) < 4.78 is 0. The van der Waals surface area contributed by atoms with Gasteiger partial charge in [0.05, 0.1) is 18.2 Å². The van der Waals surface area contributed by atoms with Crippen LogP contribution in [0.4, 0.5) is 0 Å². The summed E-state index contributed by atoms with van der Waals surface area (Å²) in [6, 6.07) is 24.3. The van der Waals surface area contributed by atoms with E-state index in [9.17, 15) is 14.7 Å². The van der Waals surface area contributed by atoms with Crippen LogP contribution in [0.5, 0.6) is 0 Å². The van der Waals surface area contributed by atoms with Crippen molar-refractivity contribution in [3.8, 4) is 11.1 Å². The van der Waals surface area contributed by atoms with Gasteiger partial charge in [0.2, 0.25) is 0 Å². The number of nitrogens with zero attached hydrogens (tertiary/aromatic N) is 2. The highest BCUT2D eigenvalue weighted by molar-refractivity contribution is 6.03. The Hall–Kier alpha value is -4.03. The summed E-state index contributed by atoms with van der Waals surface area (Å²) >= 11 is 0. The van der Waals surface area contributed by atoms with E-state index in [2.05, 4.69) is 17.2 Å². The highest BCUT2D eigenvalue weighted by Crippen LogP contribution is 2.30. The number of carbonyl (C=O) groups excluding carboxylic acids is 2. The zero-order valence-corrected chi connectivity index (χ0v) is 21.4. The fourth-order valence-corrected chi connectivity index (χ4v) is 4.44. The Kier molecular flexibility index (Phi) is 8.64. The molecule has 1 heterocycles. The number of unbranched alkanes of at least 4 members (excludes halogenated alkanes) is 1. The second-order valence-electron chi connectivity index (χ2n) is 9.30. The lowest BCUT2D eigenvalue weighted by molar-refractivity contribution is 0.0793. The van der Waals surface area contributed by atoms with Crippen LogP contribution in [0.3, 0.4) is 0 Å². The van der Waals surface area contributed by atoms with Gasteiger partial charge < -0.3 is 15.3 Å². The quantitative estimate of drug-likeness (QED) is 0.320. The predicted molar refractivity (Wildman–Crippen MR) is 148 cm³/mol. The van der Waals surface area contributed by atoms with E-state index in [0.717, 1.165) is 40.4 Å². The van der Waals surface area contributed by atoms with Gasteiger partial charge in [0, 0.05) is 36.3 Å². The van der Waals surface area contributed by atoms with E-state index in [4.69, 9.17) is 0 Å². The van der Waals surface area contributed by atoms with Gasteiger partial charge >= 0.3 is 0 Å². The minimum absolute atomic E-state index is 0.134. The molecule has 190 valence electrons. The molecule has 0 unspecified atom stereocenters. The fraction of sp³-hybridized carbons (Fsp3) is 0.258. The van der Waals surface area contributed by atoms with E-state index in [1.54, 1.807) is 30.3 Å². The first-order chi connectivity index (χ1) is 18.0. The van der Waals surface area contributed by atoms with E-state index in [1.165, 1.54) is 0 Å². The van der Waals surface area contributed by atoms with Gasteiger partial charge in [-0.1, -0.05) is 61.9 Å². The first kappa shape index (κ1) is 26.0. The summed E-state index contributed by atoms with van der Waals surface area (Å²) in [7, 11) is 1.79. The van der Waals surface area contributed by atoms with E-state index in [0.29, 0.717) is 24.1 Å². The summed E-state index contributed by atoms with van der Waals surface area (Å²) in [4.78, 5) is 32.9. The van der Waals surface area contributed by atoms with Crippen LogP contribution in [-0.4, -0.2) is 53.0 Å². The van der Waals surface area contributed by atoms with E-state index in [1.807, 2.05) is 66.7 Å². The van der Waals surface area contributed by atoms with Gasteiger partial charge in [-0.15, -0.1) is 0 Å². The molecular formula is C31H33N3O3. The van der Waals surface area contributed by atoms with Crippen LogP contribution in [0.15, 0.2) is 85.1 Å². The summed E-state index contributed by atoms with van der Waals surface area (Å²) in [5.41, 5.74) is 4.34. The molecule has 6 heteroatoms. The number of rotatable bonds is 10. The number of hydrogen-bond donors (Lipinski definition) is 2. The molecule has 3 aromatic carbocycles. The van der Waals surface area contributed by atoms with Crippen LogP contribution in [0, 0.1) is 0 Å². The number of aliphatic hydroxyl groups excluding tert-OH is 1. The number of hydrogen-bond acceptors (Lipinski definition) is 4. The minimum Gasteiger partial charge on any atom is -0.394 e. The van der Waals surface area contributed by atoms with Crippen LogP contribution in [0.25, 0.3) is 22.0 Å². The highest BCUT2D eigenvalue weighted by Gasteiger charge is 2.19. The van der Waals surface area contributed by atoms with Crippen molar-refractivity contribution in [3.05, 3.63) is 102 Å². The summed E-state index contributed by atoms with van der Waals surface area (Å²) in [6.45, 7) is 2.53. The molecule has 0 aliphatic heterocycles. The first-order valence-corrected chi connectivity index (χ1v) is 12.7. The lowest BCUT2D eigenvalue weighted by Gasteiger charge is -2.20. The van der Waals surface area contributed by atoms with Crippen molar-refractivity contribution in [1.29, 1.82) is 0 Å². The molecule has 1 atom stereocenters. The molecular weight excluding hydrogens is 462 g/mol. The molecule has 1 aromatic heterocycles. The number of aliphatic hydroxyl groups is 1. The molecule has 0 fully saturated rings. The fourth-order valence-electron chi connectivity index (χ4n) is 4.44. The SMILES string of the molecule is CCCCN(C)C(=O)c1cc(C(=O)N[C@H](CO)Cc2ccccc2)cc(-c2cccc3ncccc23)c1. The molecule has 2 N–H and O–H groups in total. The molecule has 0 aliphatic carbocycles. The summed E-state index contributed by atoms with van der Waals surface area (Å²) in [5, 5.41) is 13.8. The Labute approximate surface area is 218 Å². The van der Waals surface area contributed by atoms with Gasteiger partial charge in [0.25, 0.3) is 11.8 Å². The van der Waals surface area contributed by atoms with Gasteiger partial charge in [-0.25, -0.2) is 0 Å². The number of benzene rings is 3. The lowest BCUT2D eigenvalue weighted by atomic mass is 9.95. The largest absolute Gasteiger partial charge is 0.394 e. The molecule has 4 rings (SSSR count). The van der Waals surface area contributed by atoms with Crippen molar-refractivity contribution < 1.29 is 14.7 Å². The molecule has 6 nitrogen and oxygen atoms in total. The van der Waals surface area contributed by atoms with Gasteiger partial charge in [0.1, 0.15) is 0 Å². The van der Waals surface area contributed by atoms with Crippen LogP contribution in [0.2, 0.25) is 0 Å². The van der Waals surface area contributed by atoms with Crippen molar-refractivity contribution in [3.63, 3.8) is 0 Å². The van der Waals surface area contributed by atoms with Crippen LogP contribution in [0.1, 0.15) is 46.0 Å². The second kappa shape index (κ2) is 12.3. The third-order valence-corrected chi connectivity index (χ3v) is 6.47. The van der Waals surface area contributed by atoms with Crippen LogP contribution >= 0.6 is 0 Å². The number of carbonyl (C=O) groups is 2. The van der Waals surface area contributed by atoms with Gasteiger partial charge in [-0.2, -0.15) is 0 Å². The zero-order chi connectivity index (χ0) is 26.2. The van der Waals surface area contributed by atoms with Crippen molar-refractivity contribution in [1.82, 2.24) is 15.2 Å². The van der Waals surface area contributed by atoms with Crippen molar-refractivity contribution >= 4 is 22.7 Å². The minimum atomic E-state index is -0.452. The number of nitrogens with one attached hydrogen (secondary N) is 1. The zero-order valence-electron chi connectivity index (χ0n) is 21.4. The maximum Gasteiger partial charge on any atom is 0.253 e. The Morgan fingerprint density at radius 2 is 1.76 bits per heavy atom. The maximum atomic E-state index is 13.4. The molecule has 0 spiro atoms. The van der Waals surface area contributed by atoms with Crippen LogP contribution < -0.4 is 5.32 Å². The van der Waals surface area contributed by atoms with Crippen LogP contribution in [-0.2, 0) is 6.42 Å². The second-order valence-corrected chi connectivity index (χ2v) is 9.30. The van der Waals surface area contributed by atoms with Gasteiger partial charge in [-0.3, -0.25) is 14.6 Å². The molecule has 0 radical (unpaired) electrons. The maximum absolute atomic E-state index is 13.4. The first-order valence-electron chi connectivity index (χ1n) is 12.7. The van der Waals surface area contributed by atoms with E-state index in [-0.39, 0.29) is 18.4 Å². The molecule has 0 saturated heterocycles. The lowest BCUT2D eigenvalue weighted by Crippen LogP contribution is -2.39. The van der Waals surface area contributed by atoms with Crippen molar-refractivity contribution in [2.24, 2.45) is 0 Å². The van der Waals surface area contributed by atoms with E-state index >= 15 is 0 Å². The van der Waals surface area contributed by atoms with Gasteiger partial charge in [-0.05, 0) is 59.9 Å². The third-order valence-electron chi connectivity index (χ3n) is 6.47. The Morgan fingerprint density at radius 3 is 2.51 bits per heavy atom. The average molecular weight is 496 g/mol. The molecule has 2 amide bonds. The topological polar surface area (TPSA) is 82.5 Å². The van der Waals surface area contributed by atoms with E-state index < -0.39 is 6.04 Å². The standard InChI is InChI=1S/C31H33N3O3/c1-3-4-16-34(2)31(37)25-19-23(27-12-8-14-29-28(27)13-9-15-32-29)18-24(20-25)30(36)33-26(21-35)17-22-10-6-5-7-11-22/h5-15,18-20,26,35H,3-4,16-17,21H2,1-2H3,(H,33,36)/t26-/m0/s1. The number of fused-ring (bicyclic) bond motifs is 1. The van der Waals surface area contributed by atoms with Gasteiger partial charge in [0.15, 0.2) is 0 Å². The van der Waals surface area contributed by atoms with Crippen molar-refractivity contribution in [2.75, 3.05) is 20.2 Å². The Morgan fingerprint density at radius 1 is 0.973 bits per heavy atom. The molecule has 4 aromatic rings. The summed E-state index contributed by atoms with van der Waals surface area (Å²) in [5.74, 6) is -0.467. The predicted octanol–water partition coefficient (Wildman–Crippen LogP) is 5.11. The average Bonchev–Trinajstić information content (AvgIpc) is 2.95. The Balaban J connectivity index is 1.71. The summed E-state index contributed by atoms with van der Waals surface area (Å²) in [6.07, 6.45) is 4.14.